The second kappa shape index (κ2) is 4.87. The average Bonchev–Trinajstić information content (AvgIpc) is 2.60. The van der Waals surface area contributed by atoms with E-state index >= 15 is 0 Å². The number of aromatic nitrogens is 1. The minimum Gasteiger partial charge on any atom is -0.360 e. The van der Waals surface area contributed by atoms with Crippen molar-refractivity contribution in [1.29, 1.82) is 0 Å². The molecule has 0 aliphatic rings. The summed E-state index contributed by atoms with van der Waals surface area (Å²) in [6.45, 7) is 1.24. The molecule has 0 unspecified atom stereocenters. The molecule has 0 saturated carbocycles. The summed E-state index contributed by atoms with van der Waals surface area (Å²) >= 11 is 0. The van der Waals surface area contributed by atoms with Crippen LogP contribution in [0.3, 0.4) is 0 Å². The van der Waals surface area contributed by atoms with Gasteiger partial charge in [0.2, 0.25) is 5.54 Å². The maximum atomic E-state index is 12.5. The highest BCUT2D eigenvalue weighted by molar-refractivity contribution is 5.88. The first-order chi connectivity index (χ1) is 8.87. The molecule has 1 heterocycles. The van der Waals surface area contributed by atoms with Gasteiger partial charge in [-0.1, -0.05) is 5.16 Å². The smallest absolute Gasteiger partial charge is 0.360 e. The third-order valence-electron chi connectivity index (χ3n) is 2.37. The van der Waals surface area contributed by atoms with Crippen LogP contribution in [0.5, 0.6) is 0 Å². The van der Waals surface area contributed by atoms with E-state index in [9.17, 15) is 31.1 Å². The molecule has 2 N–H and O–H groups in total. The van der Waals surface area contributed by atoms with E-state index < -0.39 is 23.9 Å². The summed E-state index contributed by atoms with van der Waals surface area (Å²) < 4.78 is 79.5. The highest BCUT2D eigenvalue weighted by atomic mass is 19.4. The van der Waals surface area contributed by atoms with Gasteiger partial charge in [-0.2, -0.15) is 26.3 Å². The topological polar surface area (TPSA) is 67.2 Å². The van der Waals surface area contributed by atoms with Gasteiger partial charge in [-0.25, -0.2) is 4.79 Å². The lowest BCUT2D eigenvalue weighted by Gasteiger charge is -2.34. The number of nitrogens with zero attached hydrogens (tertiary/aromatic N) is 1. The Morgan fingerprint density at radius 2 is 1.70 bits per heavy atom. The van der Waals surface area contributed by atoms with E-state index in [2.05, 4.69) is 9.68 Å². The number of amides is 2. The molecule has 0 aliphatic heterocycles. The molecule has 5 nitrogen and oxygen atoms in total. The predicted octanol–water partition coefficient (Wildman–Crippen LogP) is 2.99. The van der Waals surface area contributed by atoms with Gasteiger partial charge in [0.15, 0.2) is 5.82 Å². The van der Waals surface area contributed by atoms with Gasteiger partial charge < -0.3 is 9.84 Å². The fraction of sp³-hybridized carbons (Fsp3) is 0.556. The summed E-state index contributed by atoms with van der Waals surface area (Å²) in [5.41, 5.74) is -4.39. The molecule has 0 fully saturated rings. The minimum atomic E-state index is -5.72. The molecular formula is C9H9F6N3O2. The van der Waals surface area contributed by atoms with Crippen molar-refractivity contribution in [3.63, 3.8) is 0 Å². The lowest BCUT2D eigenvalue weighted by atomic mass is 10.0. The maximum absolute atomic E-state index is 12.5. The lowest BCUT2D eigenvalue weighted by Crippen LogP contribution is -2.66. The molecule has 20 heavy (non-hydrogen) atoms. The van der Waals surface area contributed by atoms with E-state index in [1.54, 1.807) is 5.32 Å². The summed E-state index contributed by atoms with van der Waals surface area (Å²) in [7, 11) is 0. The van der Waals surface area contributed by atoms with Crippen LogP contribution in [0.2, 0.25) is 0 Å². The van der Waals surface area contributed by atoms with Crippen molar-refractivity contribution in [2.24, 2.45) is 0 Å². The number of rotatable bonds is 2. The van der Waals surface area contributed by atoms with Crippen molar-refractivity contribution >= 4 is 11.8 Å². The minimum absolute atomic E-state index is 0.180. The molecule has 1 rings (SSSR count). The SMILES string of the molecule is Cc1cc(NC(=O)NC(C)(C(F)(F)F)C(F)(F)F)no1. The van der Waals surface area contributed by atoms with Crippen molar-refractivity contribution in [1.82, 2.24) is 10.5 Å². The van der Waals surface area contributed by atoms with Crippen molar-refractivity contribution in [2.45, 2.75) is 31.7 Å². The van der Waals surface area contributed by atoms with E-state index in [1.165, 1.54) is 6.92 Å². The number of alkyl halides is 6. The van der Waals surface area contributed by atoms with Gasteiger partial charge >= 0.3 is 18.4 Å². The second-order valence-corrected chi connectivity index (χ2v) is 4.02. The van der Waals surface area contributed by atoms with E-state index in [0.717, 1.165) is 11.4 Å². The van der Waals surface area contributed by atoms with Gasteiger partial charge in [-0.15, -0.1) is 0 Å². The van der Waals surface area contributed by atoms with Gasteiger partial charge in [0.1, 0.15) is 5.76 Å². The van der Waals surface area contributed by atoms with Crippen LogP contribution in [0.4, 0.5) is 37.0 Å². The summed E-state index contributed by atoms with van der Waals surface area (Å²) in [6, 6.07) is -0.589. The number of urea groups is 1. The Hall–Kier alpha value is -1.94. The van der Waals surface area contributed by atoms with Crippen LogP contribution in [0.25, 0.3) is 0 Å². The molecule has 11 heteroatoms. The van der Waals surface area contributed by atoms with E-state index in [-0.39, 0.29) is 18.5 Å². The normalized spacial score (nSPS) is 13.2. The average molecular weight is 305 g/mol. The summed E-state index contributed by atoms with van der Waals surface area (Å²) in [5, 5.41) is 5.76. The summed E-state index contributed by atoms with van der Waals surface area (Å²) in [6.07, 6.45) is -11.4. The molecular weight excluding hydrogens is 296 g/mol. The monoisotopic (exact) mass is 305 g/mol. The first-order valence-corrected chi connectivity index (χ1v) is 5.03. The Labute approximate surface area is 108 Å². The number of carbonyl (C=O) groups excluding carboxylic acids is 1. The number of hydrogen-bond donors (Lipinski definition) is 2. The zero-order chi connectivity index (χ0) is 15.8. The maximum Gasteiger partial charge on any atom is 0.420 e. The molecule has 0 aromatic carbocycles. The van der Waals surface area contributed by atoms with Gasteiger partial charge in [0, 0.05) is 6.07 Å². The molecule has 114 valence electrons. The van der Waals surface area contributed by atoms with E-state index in [4.69, 9.17) is 0 Å². The quantitative estimate of drug-likeness (QED) is 0.825. The largest absolute Gasteiger partial charge is 0.420 e. The summed E-state index contributed by atoms with van der Waals surface area (Å²) in [5.74, 6) is -0.0959. The molecule has 1 aromatic rings. The molecule has 0 spiro atoms. The molecule has 2 amide bonds. The highest BCUT2D eigenvalue weighted by Crippen LogP contribution is 2.42. The van der Waals surface area contributed by atoms with Crippen molar-refractivity contribution in [3.8, 4) is 0 Å². The molecule has 0 saturated heterocycles. The second-order valence-electron chi connectivity index (χ2n) is 4.02. The van der Waals surface area contributed by atoms with Crippen LogP contribution in [-0.2, 0) is 0 Å². The van der Waals surface area contributed by atoms with Gasteiger partial charge in [-0.05, 0) is 13.8 Å². The van der Waals surface area contributed by atoms with Crippen LogP contribution in [0.1, 0.15) is 12.7 Å². The Balaban J connectivity index is 2.89. The van der Waals surface area contributed by atoms with Crippen molar-refractivity contribution in [3.05, 3.63) is 11.8 Å². The van der Waals surface area contributed by atoms with Gasteiger partial charge in [0.25, 0.3) is 0 Å². The zero-order valence-corrected chi connectivity index (χ0v) is 10.1. The lowest BCUT2D eigenvalue weighted by molar-refractivity contribution is -0.297. The Kier molecular flexibility index (Phi) is 3.92. The molecule has 1 aromatic heterocycles. The number of hydrogen-bond acceptors (Lipinski definition) is 3. The predicted molar refractivity (Wildman–Crippen MR) is 53.9 cm³/mol. The number of carbonyl (C=O) groups is 1. The Morgan fingerprint density at radius 3 is 2.05 bits per heavy atom. The standard InChI is InChI=1S/C9H9F6N3O2/c1-4-3-5(18-20-4)16-6(19)17-7(2,8(10,11)12)9(13,14)15/h3H,1-2H3,(H2,16,17,18,19). The third-order valence-corrected chi connectivity index (χ3v) is 2.37. The third kappa shape index (κ3) is 3.14. The van der Waals surface area contributed by atoms with Crippen molar-refractivity contribution < 1.29 is 35.7 Å². The van der Waals surface area contributed by atoms with Crippen LogP contribution in [0, 0.1) is 6.92 Å². The first kappa shape index (κ1) is 16.1. The number of aryl methyl sites for hydroxylation is 1. The number of halogens is 6. The summed E-state index contributed by atoms with van der Waals surface area (Å²) in [4.78, 5) is 11.2. The first-order valence-electron chi connectivity index (χ1n) is 5.03. The van der Waals surface area contributed by atoms with Crippen LogP contribution >= 0.6 is 0 Å². The fourth-order valence-electron chi connectivity index (χ4n) is 1.10. The van der Waals surface area contributed by atoms with E-state index in [0.29, 0.717) is 0 Å². The van der Waals surface area contributed by atoms with Crippen molar-refractivity contribution in [2.75, 3.05) is 5.32 Å². The molecule has 0 aliphatic carbocycles. The highest BCUT2D eigenvalue weighted by Gasteiger charge is 2.68. The fourth-order valence-corrected chi connectivity index (χ4v) is 1.10. The van der Waals surface area contributed by atoms with Crippen LogP contribution in [0.15, 0.2) is 10.6 Å². The number of nitrogens with one attached hydrogen (secondary N) is 2. The molecule has 0 bridgehead atoms. The van der Waals surface area contributed by atoms with E-state index in [1.807, 2.05) is 0 Å². The zero-order valence-electron chi connectivity index (χ0n) is 10.1. The number of anilines is 1. The van der Waals surface area contributed by atoms with Crippen LogP contribution < -0.4 is 10.6 Å². The van der Waals surface area contributed by atoms with Crippen LogP contribution in [-0.4, -0.2) is 29.1 Å². The Bertz CT molecular complexity index is 479. The Morgan fingerprint density at radius 1 is 1.20 bits per heavy atom. The molecule has 0 radical (unpaired) electrons. The van der Waals surface area contributed by atoms with Gasteiger partial charge in [0.05, 0.1) is 0 Å². The van der Waals surface area contributed by atoms with Gasteiger partial charge in [-0.3, -0.25) is 5.32 Å². The molecule has 0 atom stereocenters.